The number of furan rings is 1. The minimum Gasteiger partial charge on any atom is -0.459 e. The fraction of sp³-hybridized carbons (Fsp3) is 0.333. The second kappa shape index (κ2) is 6.97. The molecule has 2 heterocycles. The van der Waals surface area contributed by atoms with Crippen molar-refractivity contribution in [2.24, 2.45) is 0 Å². The van der Waals surface area contributed by atoms with Crippen LogP contribution in [0.5, 0.6) is 0 Å². The number of carbonyl (C=O) groups is 2. The van der Waals surface area contributed by atoms with Gasteiger partial charge >= 0.3 is 0 Å². The molecule has 3 rings (SSSR count). The molecule has 5 nitrogen and oxygen atoms in total. The summed E-state index contributed by atoms with van der Waals surface area (Å²) < 4.78 is 18.4. The first-order valence-corrected chi connectivity index (χ1v) is 7.89. The molecule has 0 spiro atoms. The van der Waals surface area contributed by atoms with Crippen molar-refractivity contribution in [3.8, 4) is 0 Å². The number of amides is 1. The van der Waals surface area contributed by atoms with E-state index in [1.165, 1.54) is 18.4 Å². The maximum absolute atomic E-state index is 13.3. The van der Waals surface area contributed by atoms with E-state index in [1.54, 1.807) is 30.0 Å². The number of carbonyl (C=O) groups excluding carboxylic acids is 2. The molecule has 1 fully saturated rings. The number of hydrogen-bond acceptors (Lipinski definition) is 4. The second-order valence-electron chi connectivity index (χ2n) is 5.93. The van der Waals surface area contributed by atoms with Gasteiger partial charge < -0.3 is 9.32 Å². The van der Waals surface area contributed by atoms with Crippen LogP contribution < -0.4 is 0 Å². The number of Topliss-reactive ketones (excluding diaryl/α,β-unsaturated/α-hetero) is 1. The molecule has 0 unspecified atom stereocenters. The molecule has 126 valence electrons. The molecule has 0 aliphatic carbocycles. The van der Waals surface area contributed by atoms with Crippen molar-refractivity contribution in [2.75, 3.05) is 32.7 Å². The lowest BCUT2D eigenvalue weighted by atomic mass is 10.1. The first kappa shape index (κ1) is 16.4. The predicted octanol–water partition coefficient (Wildman–Crippen LogP) is 2.37. The van der Waals surface area contributed by atoms with Gasteiger partial charge in [0, 0.05) is 31.7 Å². The molecule has 0 saturated carbocycles. The summed E-state index contributed by atoms with van der Waals surface area (Å²) in [6, 6.07) is 7.75. The lowest BCUT2D eigenvalue weighted by Crippen LogP contribution is -2.49. The Morgan fingerprint density at radius 1 is 1.17 bits per heavy atom. The highest BCUT2D eigenvalue weighted by Crippen LogP contribution is 2.12. The van der Waals surface area contributed by atoms with Gasteiger partial charge in [-0.05, 0) is 42.8 Å². The van der Waals surface area contributed by atoms with Crippen LogP contribution >= 0.6 is 0 Å². The summed E-state index contributed by atoms with van der Waals surface area (Å²) in [4.78, 5) is 28.2. The van der Waals surface area contributed by atoms with Gasteiger partial charge in [0.05, 0.1) is 12.8 Å². The Bertz CT molecular complexity index is 735. The summed E-state index contributed by atoms with van der Waals surface area (Å²) in [6.45, 7) is 4.26. The first-order valence-electron chi connectivity index (χ1n) is 7.89. The summed E-state index contributed by atoms with van der Waals surface area (Å²) in [5.41, 5.74) is 0.984. The van der Waals surface area contributed by atoms with Crippen LogP contribution in [0, 0.1) is 12.7 Å². The fourth-order valence-electron chi connectivity index (χ4n) is 2.78. The van der Waals surface area contributed by atoms with E-state index in [-0.39, 0.29) is 24.1 Å². The molecule has 0 atom stereocenters. The number of benzene rings is 1. The number of halogens is 1. The summed E-state index contributed by atoms with van der Waals surface area (Å²) in [6.07, 6.45) is 1.48. The minimum absolute atomic E-state index is 0.0380. The van der Waals surface area contributed by atoms with E-state index < -0.39 is 0 Å². The molecule has 0 bridgehead atoms. The van der Waals surface area contributed by atoms with Gasteiger partial charge in [-0.25, -0.2) is 4.39 Å². The quantitative estimate of drug-likeness (QED) is 0.808. The number of nitrogens with zero attached hydrogens (tertiary/aromatic N) is 2. The Morgan fingerprint density at radius 3 is 2.54 bits per heavy atom. The monoisotopic (exact) mass is 330 g/mol. The summed E-state index contributed by atoms with van der Waals surface area (Å²) >= 11 is 0. The Balaban J connectivity index is 1.54. The molecule has 24 heavy (non-hydrogen) atoms. The molecule has 1 aliphatic rings. The maximum atomic E-state index is 13.3. The van der Waals surface area contributed by atoms with E-state index in [0.717, 1.165) is 0 Å². The highest BCUT2D eigenvalue weighted by atomic mass is 19.1. The van der Waals surface area contributed by atoms with Crippen molar-refractivity contribution in [3.05, 3.63) is 59.3 Å². The maximum Gasteiger partial charge on any atom is 0.289 e. The lowest BCUT2D eigenvalue weighted by Gasteiger charge is -2.33. The summed E-state index contributed by atoms with van der Waals surface area (Å²) in [5.74, 6) is -0.137. The third kappa shape index (κ3) is 3.54. The van der Waals surface area contributed by atoms with Crippen molar-refractivity contribution in [1.29, 1.82) is 0 Å². The topological polar surface area (TPSA) is 53.8 Å². The van der Waals surface area contributed by atoms with Crippen LogP contribution in [0.25, 0.3) is 0 Å². The van der Waals surface area contributed by atoms with E-state index in [1.807, 2.05) is 4.90 Å². The van der Waals surface area contributed by atoms with Gasteiger partial charge in [0.2, 0.25) is 0 Å². The number of hydrogen-bond donors (Lipinski definition) is 0. The number of piperazine rings is 1. The van der Waals surface area contributed by atoms with Gasteiger partial charge in [0.25, 0.3) is 5.91 Å². The fourth-order valence-corrected chi connectivity index (χ4v) is 2.78. The van der Waals surface area contributed by atoms with Crippen LogP contribution in [0.2, 0.25) is 0 Å². The Labute approximate surface area is 139 Å². The van der Waals surface area contributed by atoms with Crippen molar-refractivity contribution in [1.82, 2.24) is 9.80 Å². The number of rotatable bonds is 4. The van der Waals surface area contributed by atoms with E-state index >= 15 is 0 Å². The zero-order valence-electron chi connectivity index (χ0n) is 13.5. The molecule has 0 N–H and O–H groups in total. The van der Waals surface area contributed by atoms with Gasteiger partial charge in [-0.2, -0.15) is 0 Å². The van der Waals surface area contributed by atoms with Gasteiger partial charge in [0.1, 0.15) is 5.82 Å². The average Bonchev–Trinajstić information content (AvgIpc) is 3.12. The highest BCUT2D eigenvalue weighted by Gasteiger charge is 2.24. The number of ketones is 1. The second-order valence-corrected chi connectivity index (χ2v) is 5.93. The lowest BCUT2D eigenvalue weighted by molar-refractivity contribution is 0.0596. The molecule has 1 aliphatic heterocycles. The van der Waals surface area contributed by atoms with Crippen LogP contribution in [0.15, 0.2) is 41.0 Å². The summed E-state index contributed by atoms with van der Waals surface area (Å²) in [7, 11) is 0. The van der Waals surface area contributed by atoms with Crippen LogP contribution in [0.4, 0.5) is 4.39 Å². The SMILES string of the molecule is Cc1cc(C(=O)CN2CCN(C(=O)c3ccco3)CC2)ccc1F. The van der Waals surface area contributed by atoms with E-state index in [4.69, 9.17) is 4.42 Å². The Hall–Kier alpha value is -2.47. The normalized spacial score (nSPS) is 15.5. The zero-order chi connectivity index (χ0) is 17.1. The smallest absolute Gasteiger partial charge is 0.289 e. The third-order valence-electron chi connectivity index (χ3n) is 4.24. The first-order chi connectivity index (χ1) is 11.5. The third-order valence-corrected chi connectivity index (χ3v) is 4.24. The van der Waals surface area contributed by atoms with Crippen molar-refractivity contribution < 1.29 is 18.4 Å². The molecule has 6 heteroatoms. The van der Waals surface area contributed by atoms with Crippen LogP contribution in [-0.2, 0) is 0 Å². The Kier molecular flexibility index (Phi) is 4.76. The van der Waals surface area contributed by atoms with Crippen molar-refractivity contribution in [3.63, 3.8) is 0 Å². The van der Waals surface area contributed by atoms with Gasteiger partial charge in [-0.15, -0.1) is 0 Å². The molecule has 1 amide bonds. The average molecular weight is 330 g/mol. The van der Waals surface area contributed by atoms with Gasteiger partial charge in [0.15, 0.2) is 11.5 Å². The van der Waals surface area contributed by atoms with E-state index in [9.17, 15) is 14.0 Å². The molecular weight excluding hydrogens is 311 g/mol. The largest absolute Gasteiger partial charge is 0.459 e. The summed E-state index contributed by atoms with van der Waals surface area (Å²) in [5, 5.41) is 0. The highest BCUT2D eigenvalue weighted by molar-refractivity contribution is 5.97. The Morgan fingerprint density at radius 2 is 1.92 bits per heavy atom. The van der Waals surface area contributed by atoms with Gasteiger partial charge in [-0.1, -0.05) is 0 Å². The minimum atomic E-state index is -0.309. The number of aryl methyl sites for hydroxylation is 1. The van der Waals surface area contributed by atoms with E-state index in [0.29, 0.717) is 43.1 Å². The standard InChI is InChI=1S/C18H19FN2O3/c1-13-11-14(4-5-15(13)19)16(22)12-20-6-8-21(9-7-20)18(23)17-3-2-10-24-17/h2-5,10-11H,6-9,12H2,1H3. The van der Waals surface area contributed by atoms with Gasteiger partial charge in [-0.3, -0.25) is 14.5 Å². The van der Waals surface area contributed by atoms with Crippen molar-refractivity contribution >= 4 is 11.7 Å². The van der Waals surface area contributed by atoms with Crippen LogP contribution in [-0.4, -0.2) is 54.2 Å². The van der Waals surface area contributed by atoms with Crippen molar-refractivity contribution in [2.45, 2.75) is 6.92 Å². The van der Waals surface area contributed by atoms with E-state index in [2.05, 4.69) is 0 Å². The molecular formula is C18H19FN2O3. The molecule has 0 radical (unpaired) electrons. The molecule has 1 aromatic heterocycles. The molecule has 1 saturated heterocycles. The van der Waals surface area contributed by atoms with Crippen LogP contribution in [0.1, 0.15) is 26.5 Å². The van der Waals surface area contributed by atoms with Crippen LogP contribution in [0.3, 0.4) is 0 Å². The predicted molar refractivity (Wildman–Crippen MR) is 86.5 cm³/mol. The molecule has 1 aromatic carbocycles. The molecule has 2 aromatic rings. The zero-order valence-corrected chi connectivity index (χ0v) is 13.5.